The molecule has 1 amide bonds. The lowest BCUT2D eigenvalue weighted by molar-refractivity contribution is -0.117. The highest BCUT2D eigenvalue weighted by molar-refractivity contribution is 5.92. The van der Waals surface area contributed by atoms with Gasteiger partial charge in [-0.05, 0) is 24.1 Å². The molecule has 0 spiro atoms. The van der Waals surface area contributed by atoms with Crippen LogP contribution in [-0.2, 0) is 11.8 Å². The van der Waals surface area contributed by atoms with Gasteiger partial charge in [0.1, 0.15) is 0 Å². The van der Waals surface area contributed by atoms with Gasteiger partial charge in [0.05, 0.1) is 27.0 Å². The molecule has 7 nitrogen and oxygen atoms in total. The predicted molar refractivity (Wildman–Crippen MR) is 100 cm³/mol. The molecule has 0 saturated carbocycles. The summed E-state index contributed by atoms with van der Waals surface area (Å²) in [6.07, 6.45) is 6.98. The molecule has 138 valence electrons. The summed E-state index contributed by atoms with van der Waals surface area (Å²) >= 11 is 0. The van der Waals surface area contributed by atoms with Gasteiger partial charge in [0.15, 0.2) is 11.5 Å². The lowest BCUT2D eigenvalue weighted by atomic mass is 10.0. The summed E-state index contributed by atoms with van der Waals surface area (Å²) in [5, 5.41) is 7.12. The van der Waals surface area contributed by atoms with E-state index in [0.717, 1.165) is 25.1 Å². The second kappa shape index (κ2) is 8.05. The molecule has 1 aromatic heterocycles. The number of hydrogen-bond acceptors (Lipinski definition) is 5. The number of aryl methyl sites for hydroxylation is 1. The number of ether oxygens (including phenoxy) is 2. The maximum atomic E-state index is 12.3. The number of nitrogens with one attached hydrogen (secondary N) is 1. The molecule has 0 unspecified atom stereocenters. The minimum absolute atomic E-state index is 0.0459. The largest absolute Gasteiger partial charge is 0.493 e. The highest BCUT2D eigenvalue weighted by Gasteiger charge is 2.17. The van der Waals surface area contributed by atoms with Gasteiger partial charge in [0, 0.05) is 43.7 Å². The summed E-state index contributed by atoms with van der Waals surface area (Å²) in [5.41, 5.74) is 3.13. The van der Waals surface area contributed by atoms with E-state index in [4.69, 9.17) is 9.47 Å². The highest BCUT2D eigenvalue weighted by Crippen LogP contribution is 2.29. The van der Waals surface area contributed by atoms with Crippen LogP contribution in [-0.4, -0.2) is 54.4 Å². The van der Waals surface area contributed by atoms with Gasteiger partial charge < -0.3 is 14.8 Å². The van der Waals surface area contributed by atoms with Crippen molar-refractivity contribution in [3.63, 3.8) is 0 Å². The molecule has 1 aliphatic heterocycles. The van der Waals surface area contributed by atoms with Crippen LogP contribution >= 0.6 is 0 Å². The lowest BCUT2D eigenvalue weighted by Crippen LogP contribution is -2.36. The van der Waals surface area contributed by atoms with Crippen LogP contribution in [0.1, 0.15) is 12.0 Å². The van der Waals surface area contributed by atoms with E-state index in [-0.39, 0.29) is 5.91 Å². The molecule has 0 bridgehead atoms. The molecule has 0 fully saturated rings. The van der Waals surface area contributed by atoms with Gasteiger partial charge in [0.2, 0.25) is 5.91 Å². The maximum absolute atomic E-state index is 12.3. The van der Waals surface area contributed by atoms with E-state index in [9.17, 15) is 4.79 Å². The van der Waals surface area contributed by atoms with E-state index < -0.39 is 0 Å². The van der Waals surface area contributed by atoms with E-state index in [0.29, 0.717) is 23.7 Å². The normalized spacial score (nSPS) is 14.7. The SMILES string of the molecule is COc1ccc(NC(=O)CN2CC=C(c3cnn(C)c3)CC2)cc1OC. The fraction of sp³-hybridized carbons (Fsp3) is 0.368. The molecule has 7 heteroatoms. The van der Waals surface area contributed by atoms with Crippen molar-refractivity contribution < 1.29 is 14.3 Å². The zero-order valence-electron chi connectivity index (χ0n) is 15.4. The van der Waals surface area contributed by atoms with Crippen molar-refractivity contribution in [1.29, 1.82) is 0 Å². The second-order valence-electron chi connectivity index (χ2n) is 6.24. The molecule has 0 radical (unpaired) electrons. The maximum Gasteiger partial charge on any atom is 0.238 e. The Morgan fingerprint density at radius 2 is 2.08 bits per heavy atom. The number of methoxy groups -OCH3 is 2. The Labute approximate surface area is 153 Å². The van der Waals surface area contributed by atoms with Crippen LogP contribution in [0.5, 0.6) is 11.5 Å². The van der Waals surface area contributed by atoms with Crippen molar-refractivity contribution in [2.24, 2.45) is 7.05 Å². The first-order chi connectivity index (χ1) is 12.6. The van der Waals surface area contributed by atoms with Gasteiger partial charge in [-0.1, -0.05) is 6.08 Å². The number of anilines is 1. The van der Waals surface area contributed by atoms with Crippen LogP contribution in [0.25, 0.3) is 5.57 Å². The monoisotopic (exact) mass is 356 g/mol. The Bertz CT molecular complexity index is 813. The fourth-order valence-electron chi connectivity index (χ4n) is 3.02. The first kappa shape index (κ1) is 18.0. The van der Waals surface area contributed by atoms with Crippen LogP contribution in [0.3, 0.4) is 0 Å². The van der Waals surface area contributed by atoms with Crippen molar-refractivity contribution >= 4 is 17.2 Å². The lowest BCUT2D eigenvalue weighted by Gasteiger charge is -2.25. The zero-order valence-corrected chi connectivity index (χ0v) is 15.4. The molecule has 1 N–H and O–H groups in total. The van der Waals surface area contributed by atoms with Crippen molar-refractivity contribution in [3.8, 4) is 11.5 Å². The van der Waals surface area contributed by atoms with E-state index in [1.54, 1.807) is 37.1 Å². The summed E-state index contributed by atoms with van der Waals surface area (Å²) in [5.74, 6) is 1.18. The number of hydrogen-bond donors (Lipinski definition) is 1. The molecule has 2 heterocycles. The number of carbonyl (C=O) groups excluding carboxylic acids is 1. The van der Waals surface area contributed by atoms with E-state index in [2.05, 4.69) is 21.4 Å². The first-order valence-corrected chi connectivity index (χ1v) is 8.51. The summed E-state index contributed by atoms with van der Waals surface area (Å²) in [7, 11) is 5.07. The number of carbonyl (C=O) groups is 1. The summed E-state index contributed by atoms with van der Waals surface area (Å²) in [6, 6.07) is 5.33. The fourth-order valence-corrected chi connectivity index (χ4v) is 3.02. The molecule has 0 aliphatic carbocycles. The van der Waals surface area contributed by atoms with Crippen molar-refractivity contribution in [1.82, 2.24) is 14.7 Å². The van der Waals surface area contributed by atoms with Gasteiger partial charge in [-0.15, -0.1) is 0 Å². The third-order valence-corrected chi connectivity index (χ3v) is 4.40. The smallest absolute Gasteiger partial charge is 0.238 e. The molecule has 0 atom stereocenters. The topological polar surface area (TPSA) is 68.6 Å². The molecular weight excluding hydrogens is 332 g/mol. The predicted octanol–water partition coefficient (Wildman–Crippen LogP) is 2.17. The minimum Gasteiger partial charge on any atom is -0.493 e. The van der Waals surface area contributed by atoms with Gasteiger partial charge in [-0.3, -0.25) is 14.4 Å². The van der Waals surface area contributed by atoms with Gasteiger partial charge >= 0.3 is 0 Å². The average molecular weight is 356 g/mol. The minimum atomic E-state index is -0.0459. The Kier molecular flexibility index (Phi) is 5.58. The number of rotatable bonds is 6. The van der Waals surface area contributed by atoms with Crippen molar-refractivity contribution in [3.05, 3.63) is 42.2 Å². The molecular formula is C19H24N4O3. The number of aromatic nitrogens is 2. The molecule has 1 aromatic carbocycles. The van der Waals surface area contributed by atoms with Crippen molar-refractivity contribution in [2.75, 3.05) is 39.2 Å². The summed E-state index contributed by atoms with van der Waals surface area (Å²) < 4.78 is 12.3. The third-order valence-electron chi connectivity index (χ3n) is 4.40. The summed E-state index contributed by atoms with van der Waals surface area (Å²) in [6.45, 7) is 1.95. The second-order valence-corrected chi connectivity index (χ2v) is 6.24. The van der Waals surface area contributed by atoms with Gasteiger partial charge in [0.25, 0.3) is 0 Å². The first-order valence-electron chi connectivity index (χ1n) is 8.51. The van der Waals surface area contributed by atoms with E-state index >= 15 is 0 Å². The van der Waals surface area contributed by atoms with Gasteiger partial charge in [-0.25, -0.2) is 0 Å². The van der Waals surface area contributed by atoms with E-state index in [1.807, 2.05) is 19.4 Å². The Morgan fingerprint density at radius 1 is 1.27 bits per heavy atom. The Balaban J connectivity index is 1.55. The highest BCUT2D eigenvalue weighted by atomic mass is 16.5. The third kappa shape index (κ3) is 4.23. The van der Waals surface area contributed by atoms with Crippen LogP contribution in [0, 0.1) is 0 Å². The van der Waals surface area contributed by atoms with Crippen LogP contribution in [0.4, 0.5) is 5.69 Å². The number of amides is 1. The molecule has 0 saturated heterocycles. The molecule has 1 aliphatic rings. The molecule has 26 heavy (non-hydrogen) atoms. The standard InChI is InChI=1S/C19H24N4O3/c1-22-12-15(11-20-22)14-6-8-23(9-7-14)13-19(24)21-16-4-5-17(25-2)18(10-16)26-3/h4-6,10-12H,7-9,13H2,1-3H3,(H,21,24). The molecule has 2 aromatic rings. The Hall–Kier alpha value is -2.80. The quantitative estimate of drug-likeness (QED) is 0.859. The van der Waals surface area contributed by atoms with Gasteiger partial charge in [-0.2, -0.15) is 5.10 Å². The average Bonchev–Trinajstić information content (AvgIpc) is 3.08. The van der Waals surface area contributed by atoms with Crippen LogP contribution in [0.15, 0.2) is 36.7 Å². The summed E-state index contributed by atoms with van der Waals surface area (Å²) in [4.78, 5) is 14.5. The van der Waals surface area contributed by atoms with Crippen LogP contribution < -0.4 is 14.8 Å². The van der Waals surface area contributed by atoms with E-state index in [1.165, 1.54) is 5.57 Å². The van der Waals surface area contributed by atoms with Crippen LogP contribution in [0.2, 0.25) is 0 Å². The Morgan fingerprint density at radius 3 is 2.69 bits per heavy atom. The number of benzene rings is 1. The number of nitrogens with zero attached hydrogens (tertiary/aromatic N) is 3. The molecule has 3 rings (SSSR count). The zero-order chi connectivity index (χ0) is 18.5. The van der Waals surface area contributed by atoms with Crippen molar-refractivity contribution in [2.45, 2.75) is 6.42 Å².